The number of fused-ring (bicyclic) bond motifs is 5. The predicted octanol–water partition coefficient (Wildman–Crippen LogP) is 2.00. The van der Waals surface area contributed by atoms with Crippen LogP contribution < -0.4 is 24.0 Å². The van der Waals surface area contributed by atoms with E-state index >= 15 is 0 Å². The van der Waals surface area contributed by atoms with Crippen molar-refractivity contribution in [3.63, 3.8) is 0 Å². The third kappa shape index (κ3) is 2.99. The molecule has 0 aromatic rings. The Bertz CT molecular complexity index is 561. The summed E-state index contributed by atoms with van der Waals surface area (Å²) in [4.78, 5) is 0. The van der Waals surface area contributed by atoms with Gasteiger partial charge in [0.2, 0.25) is 0 Å². The van der Waals surface area contributed by atoms with E-state index in [-0.39, 0.29) is 35.5 Å². The molecule has 4 saturated carbocycles. The largest absolute Gasteiger partial charge is 1.00 e. The minimum absolute atomic E-state index is 0. The maximum Gasteiger partial charge on any atom is 0.0891 e. The molecule has 2 nitrogen and oxygen atoms in total. The molecule has 1 aliphatic heterocycles. The molecule has 4 aliphatic carbocycles. The van der Waals surface area contributed by atoms with Crippen LogP contribution in [0.15, 0.2) is 0 Å². The highest BCUT2D eigenvalue weighted by atomic mass is 127. The lowest BCUT2D eigenvalue weighted by Crippen LogP contribution is -3.00. The smallest absolute Gasteiger partial charge is 0.0891 e. The molecule has 1 heterocycles. The molecule has 0 amide bonds. The van der Waals surface area contributed by atoms with Crippen LogP contribution in [-0.4, -0.2) is 41.9 Å². The van der Waals surface area contributed by atoms with Crippen molar-refractivity contribution in [3.8, 4) is 0 Å². The highest BCUT2D eigenvalue weighted by Crippen LogP contribution is 2.66. The molecular formula is C24H42INO. The highest BCUT2D eigenvalue weighted by Gasteiger charge is 2.61. The van der Waals surface area contributed by atoms with Gasteiger partial charge in [0, 0.05) is 19.3 Å². The van der Waals surface area contributed by atoms with E-state index in [2.05, 4.69) is 20.9 Å². The maximum absolute atomic E-state index is 10.7. The zero-order chi connectivity index (χ0) is 18.2. The average molecular weight is 488 g/mol. The van der Waals surface area contributed by atoms with Crippen molar-refractivity contribution in [2.24, 2.45) is 34.5 Å². The average Bonchev–Trinajstić information content (AvgIpc) is 3.19. The van der Waals surface area contributed by atoms with Crippen LogP contribution >= 0.6 is 0 Å². The summed E-state index contributed by atoms with van der Waals surface area (Å²) in [6.45, 7) is 8.01. The molecule has 0 aromatic heterocycles. The van der Waals surface area contributed by atoms with Crippen molar-refractivity contribution in [1.29, 1.82) is 0 Å². The molecule has 156 valence electrons. The molecule has 27 heavy (non-hydrogen) atoms. The third-order valence-electron chi connectivity index (χ3n) is 11.1. The summed E-state index contributed by atoms with van der Waals surface area (Å²) < 4.78 is 1.40. The van der Waals surface area contributed by atoms with Gasteiger partial charge in [0.1, 0.15) is 0 Å². The van der Waals surface area contributed by atoms with Crippen molar-refractivity contribution in [2.75, 3.05) is 20.1 Å². The van der Waals surface area contributed by atoms with E-state index in [0.29, 0.717) is 5.41 Å². The first-order valence-corrected chi connectivity index (χ1v) is 11.9. The number of halogens is 1. The Morgan fingerprint density at radius 1 is 0.815 bits per heavy atom. The quantitative estimate of drug-likeness (QED) is 0.443. The Hall–Kier alpha value is 0.650. The lowest BCUT2D eigenvalue weighted by Gasteiger charge is -2.61. The fraction of sp³-hybridized carbons (Fsp3) is 1.00. The molecule has 1 saturated heterocycles. The number of hydrogen-bond donors (Lipinski definition) is 1. The van der Waals surface area contributed by atoms with Crippen LogP contribution in [0.4, 0.5) is 0 Å². The van der Waals surface area contributed by atoms with Crippen LogP contribution in [0.2, 0.25) is 0 Å². The van der Waals surface area contributed by atoms with E-state index in [1.807, 2.05) is 0 Å². The predicted molar refractivity (Wildman–Crippen MR) is 107 cm³/mol. The zero-order valence-corrected chi connectivity index (χ0v) is 20.1. The van der Waals surface area contributed by atoms with Gasteiger partial charge < -0.3 is 33.6 Å². The topological polar surface area (TPSA) is 20.2 Å². The van der Waals surface area contributed by atoms with Crippen LogP contribution in [0.1, 0.15) is 84.5 Å². The summed E-state index contributed by atoms with van der Waals surface area (Å²) in [6, 6.07) is 0.953. The van der Waals surface area contributed by atoms with E-state index in [4.69, 9.17) is 0 Å². The molecule has 5 aliphatic rings. The summed E-state index contributed by atoms with van der Waals surface area (Å²) in [7, 11) is 2.57. The lowest BCUT2D eigenvalue weighted by molar-refractivity contribution is -0.924. The molecule has 5 rings (SSSR count). The second-order valence-corrected chi connectivity index (χ2v) is 11.9. The number of rotatable bonds is 1. The molecule has 0 bridgehead atoms. The Labute approximate surface area is 184 Å². The number of hydrogen-bond acceptors (Lipinski definition) is 1. The molecule has 0 spiro atoms. The number of nitrogens with zero attached hydrogens (tertiary/aromatic N) is 1. The molecule has 8 atom stereocenters. The van der Waals surface area contributed by atoms with Gasteiger partial charge in [-0.15, -0.1) is 0 Å². The van der Waals surface area contributed by atoms with Gasteiger partial charge in [-0.05, 0) is 85.9 Å². The lowest BCUT2D eigenvalue weighted by atomic mass is 9.45. The number of likely N-dealkylation sites (tertiary alicyclic amines) is 1. The third-order valence-corrected chi connectivity index (χ3v) is 11.1. The summed E-state index contributed by atoms with van der Waals surface area (Å²) in [5, 5.41) is 10.7. The minimum Gasteiger partial charge on any atom is -1.00 e. The molecule has 1 N–H and O–H groups in total. The number of quaternary nitrogens is 1. The van der Waals surface area contributed by atoms with Crippen LogP contribution in [0, 0.1) is 34.5 Å². The second kappa shape index (κ2) is 7.11. The van der Waals surface area contributed by atoms with Gasteiger partial charge in [0.15, 0.2) is 0 Å². The summed E-state index contributed by atoms with van der Waals surface area (Å²) in [6.07, 6.45) is 15.4. The first-order chi connectivity index (χ1) is 12.4. The monoisotopic (exact) mass is 487 g/mol. The standard InChI is InChI=1S/C24H42NO.HI/c1-23-12-10-18(25(3)14-4-5-15-25)16-17(23)6-7-19-20-8-9-22(26)24(20,2)13-11-21(19)23;/h17-22,26H,4-16H2,1-3H3;1H/q+1;/p-1/t17-,18-,19?,20?,21?,22-,23-,24-;/m0./s1. The number of aliphatic hydroxyl groups excluding tert-OH is 1. The highest BCUT2D eigenvalue weighted by molar-refractivity contribution is 5.09. The van der Waals surface area contributed by atoms with E-state index < -0.39 is 0 Å². The van der Waals surface area contributed by atoms with Crippen LogP contribution in [0.5, 0.6) is 0 Å². The Balaban J connectivity index is 0.00000180. The van der Waals surface area contributed by atoms with Gasteiger partial charge in [-0.3, -0.25) is 0 Å². The van der Waals surface area contributed by atoms with E-state index in [9.17, 15) is 5.11 Å². The first-order valence-electron chi connectivity index (χ1n) is 11.9. The van der Waals surface area contributed by atoms with Crippen LogP contribution in [0.3, 0.4) is 0 Å². The van der Waals surface area contributed by atoms with Crippen molar-refractivity contribution >= 4 is 0 Å². The number of aliphatic hydroxyl groups is 1. The molecule has 0 radical (unpaired) electrons. The Kier molecular flexibility index (Phi) is 5.51. The normalized spacial score (nSPS) is 53.8. The maximum atomic E-state index is 10.7. The first kappa shape index (κ1) is 20.9. The van der Waals surface area contributed by atoms with Gasteiger partial charge in [0.05, 0.1) is 32.3 Å². The van der Waals surface area contributed by atoms with Crippen molar-refractivity contribution in [1.82, 2.24) is 0 Å². The van der Waals surface area contributed by atoms with E-state index in [1.165, 1.54) is 81.8 Å². The molecule has 3 heteroatoms. The van der Waals surface area contributed by atoms with Gasteiger partial charge in [0.25, 0.3) is 0 Å². The summed E-state index contributed by atoms with van der Waals surface area (Å²) >= 11 is 0. The second-order valence-electron chi connectivity index (χ2n) is 11.9. The molecule has 5 fully saturated rings. The molecular weight excluding hydrogens is 445 g/mol. The van der Waals surface area contributed by atoms with Gasteiger partial charge >= 0.3 is 0 Å². The van der Waals surface area contributed by atoms with E-state index in [0.717, 1.165) is 36.1 Å². The SMILES string of the molecule is C[C@]12CCC3C(CC[C@H]4C[C@@H]([N+]5(C)CCCC5)CC[C@]34C)C1CC[C@@H]2O.[I-]. The van der Waals surface area contributed by atoms with Crippen molar-refractivity contribution < 1.29 is 33.6 Å². The van der Waals surface area contributed by atoms with E-state index in [1.54, 1.807) is 0 Å². The van der Waals surface area contributed by atoms with Gasteiger partial charge in [-0.25, -0.2) is 0 Å². The van der Waals surface area contributed by atoms with Crippen molar-refractivity contribution in [2.45, 2.75) is 96.6 Å². The molecule has 0 aromatic carbocycles. The molecule has 3 unspecified atom stereocenters. The van der Waals surface area contributed by atoms with Gasteiger partial charge in [-0.2, -0.15) is 0 Å². The van der Waals surface area contributed by atoms with Crippen LogP contribution in [-0.2, 0) is 0 Å². The van der Waals surface area contributed by atoms with Gasteiger partial charge in [-0.1, -0.05) is 13.8 Å². The summed E-state index contributed by atoms with van der Waals surface area (Å²) in [5.41, 5.74) is 0.850. The van der Waals surface area contributed by atoms with Crippen molar-refractivity contribution in [3.05, 3.63) is 0 Å². The minimum atomic E-state index is -0.0191. The fourth-order valence-corrected chi connectivity index (χ4v) is 9.20. The fourth-order valence-electron chi connectivity index (χ4n) is 9.20. The summed E-state index contributed by atoms with van der Waals surface area (Å²) in [5.74, 6) is 3.67. The van der Waals surface area contributed by atoms with Crippen LogP contribution in [0.25, 0.3) is 0 Å². The Morgan fingerprint density at radius 3 is 2.22 bits per heavy atom. The Morgan fingerprint density at radius 2 is 1.48 bits per heavy atom. The zero-order valence-electron chi connectivity index (χ0n) is 17.9.